The summed E-state index contributed by atoms with van der Waals surface area (Å²) in [4.78, 5) is 0. The molecule has 0 saturated carbocycles. The molecule has 0 radical (unpaired) electrons. The summed E-state index contributed by atoms with van der Waals surface area (Å²) in [5.74, 6) is 0. The third kappa shape index (κ3) is 1.95. The predicted octanol–water partition coefficient (Wildman–Crippen LogP) is 2.69. The molecule has 0 atom stereocenters. The maximum Gasteiger partial charge on any atom is 0.213 e. The average molecular weight is 261 g/mol. The predicted molar refractivity (Wildman–Crippen MR) is 61.0 cm³/mol. The van der Waals surface area contributed by atoms with Crippen molar-refractivity contribution in [3.8, 4) is 5.69 Å². The van der Waals surface area contributed by atoms with Gasteiger partial charge in [0.15, 0.2) is 0 Å². The Morgan fingerprint density at radius 1 is 1.33 bits per heavy atom. The van der Waals surface area contributed by atoms with Gasteiger partial charge < -0.3 is 0 Å². The standard InChI is InChI=1S/C8H6Cl2N4S/c1-15-8-11-12-13-14(8)6-4-2-3-5(9)7(6)10/h2-4H,1H3. The van der Waals surface area contributed by atoms with Gasteiger partial charge in [-0.05, 0) is 28.8 Å². The van der Waals surface area contributed by atoms with E-state index in [1.165, 1.54) is 11.8 Å². The van der Waals surface area contributed by atoms with Crippen LogP contribution in [0.15, 0.2) is 23.4 Å². The highest BCUT2D eigenvalue weighted by Gasteiger charge is 2.11. The van der Waals surface area contributed by atoms with Gasteiger partial charge in [-0.2, -0.15) is 4.68 Å². The smallest absolute Gasteiger partial charge is 0.186 e. The number of rotatable bonds is 2. The topological polar surface area (TPSA) is 43.6 Å². The zero-order chi connectivity index (χ0) is 10.8. The summed E-state index contributed by atoms with van der Waals surface area (Å²) in [6.07, 6.45) is 1.89. The van der Waals surface area contributed by atoms with Crippen molar-refractivity contribution >= 4 is 35.0 Å². The molecule has 0 aliphatic rings. The minimum atomic E-state index is 0.446. The summed E-state index contributed by atoms with van der Waals surface area (Å²) < 4.78 is 1.55. The van der Waals surface area contributed by atoms with Crippen LogP contribution in [0.25, 0.3) is 5.69 Å². The summed E-state index contributed by atoms with van der Waals surface area (Å²) in [5.41, 5.74) is 0.679. The van der Waals surface area contributed by atoms with Crippen LogP contribution >= 0.6 is 35.0 Å². The Labute approximate surface area is 101 Å². The van der Waals surface area contributed by atoms with Gasteiger partial charge in [0.2, 0.25) is 5.16 Å². The van der Waals surface area contributed by atoms with Gasteiger partial charge >= 0.3 is 0 Å². The van der Waals surface area contributed by atoms with Crippen LogP contribution in [0.1, 0.15) is 0 Å². The normalized spacial score (nSPS) is 10.6. The zero-order valence-electron chi connectivity index (χ0n) is 7.69. The SMILES string of the molecule is CSc1nnnn1-c1cccc(Cl)c1Cl. The fourth-order valence-electron chi connectivity index (χ4n) is 1.11. The van der Waals surface area contributed by atoms with Crippen LogP contribution < -0.4 is 0 Å². The Bertz CT molecular complexity index is 485. The molecule has 1 aromatic heterocycles. The summed E-state index contributed by atoms with van der Waals surface area (Å²) in [7, 11) is 0. The molecular formula is C8H6Cl2N4S. The van der Waals surface area contributed by atoms with Crippen molar-refractivity contribution in [3.05, 3.63) is 28.2 Å². The van der Waals surface area contributed by atoms with Gasteiger partial charge in [0.25, 0.3) is 0 Å². The molecule has 1 heterocycles. The maximum absolute atomic E-state index is 6.06. The minimum absolute atomic E-state index is 0.446. The van der Waals surface area contributed by atoms with Gasteiger partial charge in [0.1, 0.15) is 0 Å². The first-order valence-electron chi connectivity index (χ1n) is 4.01. The van der Waals surface area contributed by atoms with Crippen molar-refractivity contribution in [2.75, 3.05) is 6.26 Å². The molecule has 7 heteroatoms. The average Bonchev–Trinajstić information content (AvgIpc) is 2.70. The van der Waals surface area contributed by atoms with E-state index in [0.29, 0.717) is 20.9 Å². The van der Waals surface area contributed by atoms with E-state index in [-0.39, 0.29) is 0 Å². The van der Waals surface area contributed by atoms with E-state index < -0.39 is 0 Å². The number of hydrogen-bond acceptors (Lipinski definition) is 4. The number of benzene rings is 1. The van der Waals surface area contributed by atoms with E-state index in [4.69, 9.17) is 23.2 Å². The molecule has 0 spiro atoms. The van der Waals surface area contributed by atoms with Crippen molar-refractivity contribution < 1.29 is 0 Å². The molecule has 15 heavy (non-hydrogen) atoms. The van der Waals surface area contributed by atoms with E-state index in [2.05, 4.69) is 15.5 Å². The monoisotopic (exact) mass is 260 g/mol. The van der Waals surface area contributed by atoms with Gasteiger partial charge in [0, 0.05) is 0 Å². The van der Waals surface area contributed by atoms with Crippen molar-refractivity contribution in [3.63, 3.8) is 0 Å². The van der Waals surface area contributed by atoms with Gasteiger partial charge in [-0.1, -0.05) is 41.0 Å². The Balaban J connectivity index is 2.59. The quantitative estimate of drug-likeness (QED) is 0.779. The van der Waals surface area contributed by atoms with Crippen molar-refractivity contribution in [1.29, 1.82) is 0 Å². The van der Waals surface area contributed by atoms with Crippen LogP contribution in [0.2, 0.25) is 10.0 Å². The van der Waals surface area contributed by atoms with Gasteiger partial charge in [-0.3, -0.25) is 0 Å². The lowest BCUT2D eigenvalue weighted by atomic mass is 10.3. The highest BCUT2D eigenvalue weighted by atomic mass is 35.5. The van der Waals surface area contributed by atoms with E-state index in [9.17, 15) is 0 Å². The van der Waals surface area contributed by atoms with Crippen molar-refractivity contribution in [2.24, 2.45) is 0 Å². The lowest BCUT2D eigenvalue weighted by Gasteiger charge is -2.05. The Morgan fingerprint density at radius 2 is 2.13 bits per heavy atom. The van der Waals surface area contributed by atoms with Crippen molar-refractivity contribution in [1.82, 2.24) is 20.2 Å². The van der Waals surface area contributed by atoms with E-state index in [1.807, 2.05) is 12.3 Å². The van der Waals surface area contributed by atoms with Gasteiger partial charge in [-0.15, -0.1) is 5.10 Å². The molecular weight excluding hydrogens is 255 g/mol. The third-order valence-corrected chi connectivity index (χ3v) is 3.21. The summed E-state index contributed by atoms with van der Waals surface area (Å²) >= 11 is 13.4. The molecule has 0 aliphatic carbocycles. The lowest BCUT2D eigenvalue weighted by molar-refractivity contribution is 0.757. The van der Waals surface area contributed by atoms with Gasteiger partial charge in [-0.25, -0.2) is 0 Å². The largest absolute Gasteiger partial charge is 0.213 e. The third-order valence-electron chi connectivity index (χ3n) is 1.78. The molecule has 0 N–H and O–H groups in total. The first kappa shape index (κ1) is 10.7. The second-order valence-corrected chi connectivity index (χ2v) is 4.21. The van der Waals surface area contributed by atoms with Crippen molar-refractivity contribution in [2.45, 2.75) is 5.16 Å². The Morgan fingerprint density at radius 3 is 2.87 bits per heavy atom. The summed E-state index contributed by atoms with van der Waals surface area (Å²) in [6.45, 7) is 0. The number of hydrogen-bond donors (Lipinski definition) is 0. The van der Waals surface area contributed by atoms with Crippen LogP contribution in [-0.2, 0) is 0 Å². The zero-order valence-corrected chi connectivity index (χ0v) is 10.0. The number of nitrogens with zero attached hydrogens (tertiary/aromatic N) is 4. The molecule has 0 fully saturated rings. The number of aromatic nitrogens is 4. The number of thioether (sulfide) groups is 1. The highest BCUT2D eigenvalue weighted by Crippen LogP contribution is 2.29. The fourth-order valence-corrected chi connectivity index (χ4v) is 1.91. The molecule has 78 valence electrons. The molecule has 4 nitrogen and oxygen atoms in total. The summed E-state index contributed by atoms with van der Waals surface area (Å²) in [5, 5.41) is 12.9. The second-order valence-electron chi connectivity index (χ2n) is 2.65. The van der Waals surface area contributed by atoms with Crippen LogP contribution in [0.4, 0.5) is 0 Å². The first-order chi connectivity index (χ1) is 7.24. The lowest BCUT2D eigenvalue weighted by Crippen LogP contribution is -1.99. The van der Waals surface area contributed by atoms with Crippen LogP contribution in [0.5, 0.6) is 0 Å². The van der Waals surface area contributed by atoms with E-state index in [1.54, 1.807) is 16.8 Å². The molecule has 0 unspecified atom stereocenters. The maximum atomic E-state index is 6.06. The second kappa shape index (κ2) is 4.38. The molecule has 0 bridgehead atoms. The van der Waals surface area contributed by atoms with Crippen LogP contribution in [-0.4, -0.2) is 26.5 Å². The van der Waals surface area contributed by atoms with E-state index in [0.717, 1.165) is 0 Å². The first-order valence-corrected chi connectivity index (χ1v) is 5.99. The fraction of sp³-hybridized carbons (Fsp3) is 0.125. The summed E-state index contributed by atoms with van der Waals surface area (Å²) in [6, 6.07) is 5.33. The Kier molecular flexibility index (Phi) is 3.14. The minimum Gasteiger partial charge on any atom is -0.186 e. The molecule has 0 aliphatic heterocycles. The molecule has 2 aromatic rings. The molecule has 2 rings (SSSR count). The molecule has 1 aromatic carbocycles. The van der Waals surface area contributed by atoms with Crippen LogP contribution in [0, 0.1) is 0 Å². The molecule has 0 saturated heterocycles. The number of tetrazole rings is 1. The van der Waals surface area contributed by atoms with E-state index >= 15 is 0 Å². The Hall–Kier alpha value is -0.780. The number of halogens is 2. The highest BCUT2D eigenvalue weighted by molar-refractivity contribution is 7.98. The van der Waals surface area contributed by atoms with Gasteiger partial charge in [0.05, 0.1) is 15.7 Å². The molecule has 0 amide bonds. The van der Waals surface area contributed by atoms with Crippen LogP contribution in [0.3, 0.4) is 0 Å².